The molecule has 0 fully saturated rings. The van der Waals surface area contributed by atoms with E-state index in [0.29, 0.717) is 5.71 Å². The second-order valence-electron chi connectivity index (χ2n) is 5.43. The van der Waals surface area contributed by atoms with Crippen LogP contribution >= 0.6 is 11.8 Å². The van der Waals surface area contributed by atoms with Crippen LogP contribution in [0.2, 0.25) is 0 Å². The molecule has 0 saturated heterocycles. The van der Waals surface area contributed by atoms with Crippen molar-refractivity contribution in [2.45, 2.75) is 31.6 Å². The minimum Gasteiger partial charge on any atom is -0.398 e. The van der Waals surface area contributed by atoms with Crippen LogP contribution in [0.4, 0.5) is 0 Å². The van der Waals surface area contributed by atoms with Crippen LogP contribution in [-0.2, 0) is 9.63 Å². The smallest absolute Gasteiger partial charge is 0.273 e. The lowest BCUT2D eigenvalue weighted by Gasteiger charge is -2.23. The Labute approximate surface area is 141 Å². The monoisotopic (exact) mass is 330 g/mol. The van der Waals surface area contributed by atoms with Gasteiger partial charge in [0.1, 0.15) is 7.11 Å². The average molecular weight is 330 g/mol. The fourth-order valence-corrected chi connectivity index (χ4v) is 3.56. The van der Waals surface area contributed by atoms with Crippen LogP contribution in [0.25, 0.3) is 0 Å². The lowest BCUT2D eigenvalue weighted by atomic mass is 9.90. The zero-order valence-electron chi connectivity index (χ0n) is 14.0. The fraction of sp³-hybridized carbons (Fsp3) is 0.333. The number of amides is 1. The average Bonchev–Trinajstić information content (AvgIpc) is 2.56. The summed E-state index contributed by atoms with van der Waals surface area (Å²) in [5.41, 5.74) is 3.94. The lowest BCUT2D eigenvalue weighted by Crippen LogP contribution is -2.30. The Hall–Kier alpha value is -2.01. The van der Waals surface area contributed by atoms with Crippen LogP contribution in [0.5, 0.6) is 0 Å². The topological polar surface area (TPSA) is 50.7 Å². The minimum absolute atomic E-state index is 0.222. The van der Waals surface area contributed by atoms with Gasteiger partial charge in [0.2, 0.25) is 0 Å². The van der Waals surface area contributed by atoms with E-state index in [1.807, 2.05) is 18.2 Å². The SMILES string of the molecule is CNC(=O)/C(=N\OC)C1=C(Sc2ccccc2)CC(C)=C(C)C1. The maximum atomic E-state index is 12.2. The number of nitrogens with one attached hydrogen (secondary N) is 1. The van der Waals surface area contributed by atoms with Crippen molar-refractivity contribution in [2.75, 3.05) is 14.2 Å². The van der Waals surface area contributed by atoms with Gasteiger partial charge in [0, 0.05) is 23.9 Å². The zero-order chi connectivity index (χ0) is 16.8. The van der Waals surface area contributed by atoms with Gasteiger partial charge in [-0.3, -0.25) is 4.79 Å². The van der Waals surface area contributed by atoms with Crippen LogP contribution < -0.4 is 5.32 Å². The highest BCUT2D eigenvalue weighted by Gasteiger charge is 2.25. The van der Waals surface area contributed by atoms with E-state index in [1.165, 1.54) is 18.3 Å². The Balaban J connectivity index is 2.44. The summed E-state index contributed by atoms with van der Waals surface area (Å²) in [4.78, 5) is 19.4. The summed E-state index contributed by atoms with van der Waals surface area (Å²) in [5.74, 6) is -0.222. The number of rotatable bonds is 5. The van der Waals surface area contributed by atoms with Crippen molar-refractivity contribution in [1.29, 1.82) is 0 Å². The van der Waals surface area contributed by atoms with Gasteiger partial charge in [-0.1, -0.05) is 46.3 Å². The van der Waals surface area contributed by atoms with Crippen molar-refractivity contribution in [3.8, 4) is 0 Å². The van der Waals surface area contributed by atoms with E-state index in [4.69, 9.17) is 4.84 Å². The number of carbonyl (C=O) groups excluding carboxylic acids is 1. The summed E-state index contributed by atoms with van der Waals surface area (Å²) in [5, 5.41) is 6.63. The number of nitrogens with zero attached hydrogens (tertiary/aromatic N) is 1. The molecule has 0 bridgehead atoms. The number of carbonyl (C=O) groups is 1. The zero-order valence-corrected chi connectivity index (χ0v) is 14.8. The van der Waals surface area contributed by atoms with Crippen molar-refractivity contribution in [2.24, 2.45) is 5.16 Å². The lowest BCUT2D eigenvalue weighted by molar-refractivity contribution is -0.114. The molecule has 122 valence electrons. The molecular weight excluding hydrogens is 308 g/mol. The van der Waals surface area contributed by atoms with Gasteiger partial charge in [-0.2, -0.15) is 0 Å². The van der Waals surface area contributed by atoms with Crippen molar-refractivity contribution in [3.05, 3.63) is 52.0 Å². The first-order valence-electron chi connectivity index (χ1n) is 7.50. The summed E-state index contributed by atoms with van der Waals surface area (Å²) >= 11 is 1.69. The summed E-state index contributed by atoms with van der Waals surface area (Å²) in [6, 6.07) is 10.2. The maximum absolute atomic E-state index is 12.2. The third kappa shape index (κ3) is 4.26. The van der Waals surface area contributed by atoms with E-state index in [0.717, 1.165) is 28.2 Å². The molecule has 0 unspecified atom stereocenters. The first-order valence-corrected chi connectivity index (χ1v) is 8.32. The number of hydrogen-bond acceptors (Lipinski definition) is 4. The number of hydrogen-bond donors (Lipinski definition) is 1. The summed E-state index contributed by atoms with van der Waals surface area (Å²) in [7, 11) is 3.07. The molecule has 0 radical (unpaired) electrons. The van der Waals surface area contributed by atoms with E-state index in [2.05, 4.69) is 36.5 Å². The molecule has 5 heteroatoms. The van der Waals surface area contributed by atoms with Crippen molar-refractivity contribution >= 4 is 23.4 Å². The molecule has 0 saturated carbocycles. The molecule has 0 heterocycles. The number of allylic oxidation sites excluding steroid dienone is 3. The molecule has 0 aliphatic heterocycles. The molecule has 0 spiro atoms. The van der Waals surface area contributed by atoms with E-state index in [-0.39, 0.29) is 5.91 Å². The minimum atomic E-state index is -0.222. The standard InChI is InChI=1S/C18H22N2O2S/c1-12-10-15(17(20-22-4)18(21)19-3)16(11-13(12)2)23-14-8-6-5-7-9-14/h5-9H,10-11H2,1-4H3,(H,19,21)/b20-17-. The molecule has 23 heavy (non-hydrogen) atoms. The molecule has 0 atom stereocenters. The number of oxime groups is 1. The highest BCUT2D eigenvalue weighted by atomic mass is 32.2. The first-order chi connectivity index (χ1) is 11.1. The van der Waals surface area contributed by atoms with Crippen molar-refractivity contribution < 1.29 is 9.63 Å². The van der Waals surface area contributed by atoms with Gasteiger partial charge in [-0.15, -0.1) is 0 Å². The quantitative estimate of drug-likeness (QED) is 0.506. The van der Waals surface area contributed by atoms with Gasteiger partial charge in [0.25, 0.3) is 5.91 Å². The van der Waals surface area contributed by atoms with E-state index in [9.17, 15) is 4.79 Å². The highest BCUT2D eigenvalue weighted by molar-refractivity contribution is 8.03. The third-order valence-corrected chi connectivity index (χ3v) is 4.97. The van der Waals surface area contributed by atoms with Gasteiger partial charge >= 0.3 is 0 Å². The molecule has 1 N–H and O–H groups in total. The normalized spacial score (nSPS) is 15.7. The molecule has 1 amide bonds. The molecular formula is C18H22N2O2S. The van der Waals surface area contributed by atoms with E-state index in [1.54, 1.807) is 18.8 Å². The molecule has 4 nitrogen and oxygen atoms in total. The number of benzene rings is 1. The van der Waals surface area contributed by atoms with Gasteiger partial charge < -0.3 is 10.2 Å². The maximum Gasteiger partial charge on any atom is 0.273 e. The second kappa shape index (κ2) is 8.02. The van der Waals surface area contributed by atoms with Crippen LogP contribution in [0.3, 0.4) is 0 Å². The van der Waals surface area contributed by atoms with Gasteiger partial charge in [0.15, 0.2) is 5.71 Å². The van der Waals surface area contributed by atoms with E-state index < -0.39 is 0 Å². The predicted octanol–water partition coefficient (Wildman–Crippen LogP) is 3.91. The summed E-state index contributed by atoms with van der Waals surface area (Å²) in [6.07, 6.45) is 1.55. The number of thioether (sulfide) groups is 1. The van der Waals surface area contributed by atoms with Crippen molar-refractivity contribution in [3.63, 3.8) is 0 Å². The highest BCUT2D eigenvalue weighted by Crippen LogP contribution is 2.40. The third-order valence-electron chi connectivity index (χ3n) is 3.83. The summed E-state index contributed by atoms with van der Waals surface area (Å²) < 4.78 is 0. The summed E-state index contributed by atoms with van der Waals surface area (Å²) in [6.45, 7) is 4.25. The molecule has 1 aliphatic carbocycles. The van der Waals surface area contributed by atoms with Crippen LogP contribution in [-0.4, -0.2) is 25.8 Å². The van der Waals surface area contributed by atoms with Gasteiger partial charge in [-0.25, -0.2) is 0 Å². The Morgan fingerprint density at radius 1 is 1.17 bits per heavy atom. The molecule has 0 aromatic heterocycles. The Bertz CT molecular complexity index is 676. The molecule has 1 aromatic rings. The van der Waals surface area contributed by atoms with Crippen LogP contribution in [0.1, 0.15) is 26.7 Å². The molecule has 2 rings (SSSR count). The fourth-order valence-electron chi connectivity index (χ4n) is 2.40. The van der Waals surface area contributed by atoms with Crippen LogP contribution in [0.15, 0.2) is 62.0 Å². The predicted molar refractivity (Wildman–Crippen MR) is 95.4 cm³/mol. The van der Waals surface area contributed by atoms with Crippen molar-refractivity contribution in [1.82, 2.24) is 5.32 Å². The Morgan fingerprint density at radius 3 is 2.43 bits per heavy atom. The molecule has 1 aromatic carbocycles. The second-order valence-corrected chi connectivity index (χ2v) is 6.60. The van der Waals surface area contributed by atoms with Gasteiger partial charge in [0.05, 0.1) is 0 Å². The Kier molecular flexibility index (Phi) is 6.04. The first kappa shape index (κ1) is 17.3. The van der Waals surface area contributed by atoms with Crippen LogP contribution in [0, 0.1) is 0 Å². The largest absolute Gasteiger partial charge is 0.398 e. The van der Waals surface area contributed by atoms with Gasteiger partial charge in [-0.05, 0) is 37.3 Å². The molecule has 1 aliphatic rings. The van der Waals surface area contributed by atoms with E-state index >= 15 is 0 Å². The Morgan fingerprint density at radius 2 is 1.83 bits per heavy atom.